The van der Waals surface area contributed by atoms with Gasteiger partial charge in [0.05, 0.1) is 5.92 Å². The van der Waals surface area contributed by atoms with Gasteiger partial charge in [0.15, 0.2) is 5.82 Å². The Bertz CT molecular complexity index is 686. The molecule has 0 radical (unpaired) electrons. The Balaban J connectivity index is 1.91. The van der Waals surface area contributed by atoms with Gasteiger partial charge in [-0.3, -0.25) is 4.79 Å². The van der Waals surface area contributed by atoms with Crippen molar-refractivity contribution in [2.75, 3.05) is 0 Å². The smallest absolute Gasteiger partial charge is 0.307 e. The van der Waals surface area contributed by atoms with Crippen molar-refractivity contribution >= 4 is 17.6 Å². The second-order valence-electron chi connectivity index (χ2n) is 6.75. The Morgan fingerprint density at radius 3 is 2.31 bits per heavy atom. The molecule has 2 rings (SSSR count). The van der Waals surface area contributed by atoms with Crippen LogP contribution in [-0.4, -0.2) is 26.4 Å². The topological polar surface area (TPSA) is 63.1 Å². The number of carboxylic acids is 1. The van der Waals surface area contributed by atoms with Crippen LogP contribution in [0.25, 0.3) is 11.4 Å². The first-order valence-corrected chi connectivity index (χ1v) is 9.72. The molecule has 140 valence electrons. The molecule has 0 fully saturated rings. The molecular formula is C21H27ClN2O2. The zero-order valence-electron chi connectivity index (χ0n) is 15.5. The molecule has 1 heterocycles. The van der Waals surface area contributed by atoms with E-state index in [1.54, 1.807) is 6.92 Å². The first kappa shape index (κ1) is 20.4. The summed E-state index contributed by atoms with van der Waals surface area (Å²) in [5.41, 5.74) is 3.29. The first-order valence-electron chi connectivity index (χ1n) is 9.28. The number of hydrogen-bond donors (Lipinski definition) is 1. The average Bonchev–Trinajstić information content (AvgIpc) is 2.66. The number of carbonyl (C=O) groups is 1. The summed E-state index contributed by atoms with van der Waals surface area (Å²) >= 11 is 6.16. The third-order valence-electron chi connectivity index (χ3n) is 4.63. The second kappa shape index (κ2) is 10.3. The van der Waals surface area contributed by atoms with Crippen LogP contribution < -0.4 is 0 Å². The van der Waals surface area contributed by atoms with E-state index in [4.69, 9.17) is 16.7 Å². The summed E-state index contributed by atoms with van der Waals surface area (Å²) in [6.07, 6.45) is 9.87. The standard InChI is InChI=1S/C21H27ClN2O2/c1-3-4-5-6-17-13-23-20(24-14-17)18-10-7-16(8-11-18)9-12-19(22)15(2)21(25)26/h7-8,10-11,13-15,19H,3-6,9,12H2,1-2H3,(H,25,26). The largest absolute Gasteiger partial charge is 0.481 e. The predicted octanol–water partition coefficient (Wildman–Crippen LogP) is 5.14. The number of rotatable bonds is 10. The van der Waals surface area contributed by atoms with Crippen molar-refractivity contribution in [1.29, 1.82) is 0 Å². The van der Waals surface area contributed by atoms with Crippen molar-refractivity contribution in [3.63, 3.8) is 0 Å². The minimum absolute atomic E-state index is 0.365. The lowest BCUT2D eigenvalue weighted by molar-refractivity contribution is -0.141. The molecule has 0 aliphatic heterocycles. The zero-order valence-corrected chi connectivity index (χ0v) is 16.2. The first-order chi connectivity index (χ1) is 12.5. The van der Waals surface area contributed by atoms with Crippen LogP contribution >= 0.6 is 11.6 Å². The van der Waals surface area contributed by atoms with E-state index in [9.17, 15) is 4.79 Å². The van der Waals surface area contributed by atoms with Gasteiger partial charge in [0, 0.05) is 23.3 Å². The number of aryl methyl sites for hydroxylation is 2. The van der Waals surface area contributed by atoms with E-state index in [1.165, 1.54) is 24.8 Å². The number of nitrogens with zero attached hydrogens (tertiary/aromatic N) is 2. The molecule has 4 nitrogen and oxygen atoms in total. The van der Waals surface area contributed by atoms with E-state index in [0.29, 0.717) is 6.42 Å². The molecule has 0 aliphatic carbocycles. The minimum Gasteiger partial charge on any atom is -0.481 e. The molecule has 1 N–H and O–H groups in total. The van der Waals surface area contributed by atoms with E-state index in [2.05, 4.69) is 16.9 Å². The molecule has 0 saturated heterocycles. The second-order valence-corrected chi connectivity index (χ2v) is 7.31. The summed E-state index contributed by atoms with van der Waals surface area (Å²) in [5.74, 6) is -0.665. The molecule has 2 atom stereocenters. The Morgan fingerprint density at radius 1 is 1.08 bits per heavy atom. The number of benzene rings is 1. The van der Waals surface area contributed by atoms with Crippen molar-refractivity contribution in [3.05, 3.63) is 47.8 Å². The lowest BCUT2D eigenvalue weighted by Crippen LogP contribution is -2.21. The van der Waals surface area contributed by atoms with E-state index in [1.807, 2.05) is 36.7 Å². The van der Waals surface area contributed by atoms with Crippen molar-refractivity contribution < 1.29 is 9.90 Å². The van der Waals surface area contributed by atoms with Crippen molar-refractivity contribution in [3.8, 4) is 11.4 Å². The predicted molar refractivity (Wildman–Crippen MR) is 105 cm³/mol. The van der Waals surface area contributed by atoms with E-state index >= 15 is 0 Å². The highest BCUT2D eigenvalue weighted by atomic mass is 35.5. The molecule has 0 aliphatic rings. The van der Waals surface area contributed by atoms with Crippen LogP contribution in [0.1, 0.15) is 50.7 Å². The van der Waals surface area contributed by atoms with Gasteiger partial charge >= 0.3 is 5.97 Å². The number of carboxylic acid groups (broad SMARTS) is 1. The summed E-state index contributed by atoms with van der Waals surface area (Å²) < 4.78 is 0. The number of halogens is 1. The fourth-order valence-corrected chi connectivity index (χ4v) is 2.96. The maximum atomic E-state index is 11.0. The van der Waals surface area contributed by atoms with Crippen LogP contribution in [0.2, 0.25) is 0 Å². The van der Waals surface area contributed by atoms with Gasteiger partial charge in [-0.2, -0.15) is 0 Å². The highest BCUT2D eigenvalue weighted by molar-refractivity contribution is 6.21. The van der Waals surface area contributed by atoms with Crippen molar-refractivity contribution in [2.45, 2.75) is 57.7 Å². The average molecular weight is 375 g/mol. The van der Waals surface area contributed by atoms with Crippen LogP contribution in [0, 0.1) is 5.92 Å². The summed E-state index contributed by atoms with van der Waals surface area (Å²) in [7, 11) is 0. The SMILES string of the molecule is CCCCCc1cnc(-c2ccc(CCC(Cl)C(C)C(=O)O)cc2)nc1. The molecule has 2 aromatic rings. The van der Waals surface area contributed by atoms with Crippen LogP contribution in [-0.2, 0) is 17.6 Å². The monoisotopic (exact) mass is 374 g/mol. The molecule has 0 amide bonds. The molecule has 5 heteroatoms. The third kappa shape index (κ3) is 6.10. The van der Waals surface area contributed by atoms with E-state index in [-0.39, 0.29) is 5.38 Å². The lowest BCUT2D eigenvalue weighted by atomic mass is 10.00. The highest BCUT2D eigenvalue weighted by Gasteiger charge is 2.20. The van der Waals surface area contributed by atoms with E-state index in [0.717, 1.165) is 29.8 Å². The van der Waals surface area contributed by atoms with Crippen molar-refractivity contribution in [1.82, 2.24) is 9.97 Å². The molecule has 0 saturated carbocycles. The lowest BCUT2D eigenvalue weighted by Gasteiger charge is -2.13. The summed E-state index contributed by atoms with van der Waals surface area (Å²) in [6, 6.07) is 8.07. The normalized spacial score (nSPS) is 13.3. The Labute approximate surface area is 160 Å². The van der Waals surface area contributed by atoms with Gasteiger partial charge in [0.2, 0.25) is 0 Å². The zero-order chi connectivity index (χ0) is 18.9. The summed E-state index contributed by atoms with van der Waals surface area (Å²) in [6.45, 7) is 3.84. The fourth-order valence-electron chi connectivity index (χ4n) is 2.74. The molecule has 1 aromatic heterocycles. The van der Waals surface area contributed by atoms with Gasteiger partial charge in [-0.25, -0.2) is 9.97 Å². The minimum atomic E-state index is -0.851. The quantitative estimate of drug-likeness (QED) is 0.462. The maximum absolute atomic E-state index is 11.0. The molecule has 2 unspecified atom stereocenters. The van der Waals surface area contributed by atoms with Gasteiger partial charge in [-0.05, 0) is 36.8 Å². The van der Waals surface area contributed by atoms with Gasteiger partial charge in [0.1, 0.15) is 0 Å². The van der Waals surface area contributed by atoms with Crippen molar-refractivity contribution in [2.24, 2.45) is 5.92 Å². The molecule has 26 heavy (non-hydrogen) atoms. The number of aliphatic carboxylic acids is 1. The van der Waals surface area contributed by atoms with E-state index < -0.39 is 11.9 Å². The van der Waals surface area contributed by atoms with Gasteiger partial charge in [-0.1, -0.05) is 51.0 Å². The Morgan fingerprint density at radius 2 is 1.73 bits per heavy atom. The molecular weight excluding hydrogens is 348 g/mol. The fraction of sp³-hybridized carbons (Fsp3) is 0.476. The third-order valence-corrected chi connectivity index (χ3v) is 5.22. The van der Waals surface area contributed by atoms with Crippen LogP contribution in [0.15, 0.2) is 36.7 Å². The van der Waals surface area contributed by atoms with Crippen LogP contribution in [0.5, 0.6) is 0 Å². The van der Waals surface area contributed by atoms with Gasteiger partial charge in [-0.15, -0.1) is 11.6 Å². The molecule has 1 aromatic carbocycles. The Kier molecular flexibility index (Phi) is 8.05. The van der Waals surface area contributed by atoms with Gasteiger partial charge < -0.3 is 5.11 Å². The Hall–Kier alpha value is -1.94. The van der Waals surface area contributed by atoms with Gasteiger partial charge in [0.25, 0.3) is 0 Å². The molecule has 0 spiro atoms. The number of alkyl halides is 1. The van der Waals surface area contributed by atoms with Crippen LogP contribution in [0.3, 0.4) is 0 Å². The highest BCUT2D eigenvalue weighted by Crippen LogP contribution is 2.20. The summed E-state index contributed by atoms with van der Waals surface area (Å²) in [5, 5.41) is 8.63. The number of unbranched alkanes of at least 4 members (excludes halogenated alkanes) is 2. The number of aromatic nitrogens is 2. The molecule has 0 bridgehead atoms. The maximum Gasteiger partial charge on any atom is 0.307 e. The summed E-state index contributed by atoms with van der Waals surface area (Å²) in [4.78, 5) is 19.9. The number of hydrogen-bond acceptors (Lipinski definition) is 3. The van der Waals surface area contributed by atoms with Crippen LogP contribution in [0.4, 0.5) is 0 Å².